The Morgan fingerprint density at radius 1 is 1.20 bits per heavy atom. The summed E-state index contributed by atoms with van der Waals surface area (Å²) in [6.07, 6.45) is 3.77. The van der Waals surface area contributed by atoms with Gasteiger partial charge in [-0.3, -0.25) is 9.69 Å². The monoisotopic (exact) mass is 341 g/mol. The largest absolute Gasteiger partial charge is 0.377 e. The van der Waals surface area contributed by atoms with Crippen molar-refractivity contribution in [2.45, 2.75) is 32.3 Å². The van der Waals surface area contributed by atoms with Crippen molar-refractivity contribution < 1.29 is 9.53 Å². The number of carbonyl (C=O) groups is 1. The molecule has 2 aromatic rings. The number of aromatic nitrogens is 1. The van der Waals surface area contributed by atoms with E-state index >= 15 is 0 Å². The summed E-state index contributed by atoms with van der Waals surface area (Å²) in [6.45, 7) is 7.59. The highest BCUT2D eigenvalue weighted by Crippen LogP contribution is 2.19. The Labute approximate surface area is 148 Å². The molecule has 1 atom stereocenters. The lowest BCUT2D eigenvalue weighted by Gasteiger charge is -2.23. The number of amides is 1. The third kappa shape index (κ3) is 3.72. The van der Waals surface area contributed by atoms with Gasteiger partial charge < -0.3 is 14.6 Å². The maximum atomic E-state index is 12.9. The van der Waals surface area contributed by atoms with E-state index in [1.807, 2.05) is 11.0 Å². The zero-order valence-electron chi connectivity index (χ0n) is 15.0. The highest BCUT2D eigenvalue weighted by Gasteiger charge is 2.24. The molecule has 1 amide bonds. The standard InChI is InChI=1S/C20H27N3O2/c1-15-5-6-16-13-19(21-18(16)12-15)20(24)23-8-3-7-22(9-10-23)14-17-4-2-11-25-17/h5-6,12-13,17,21H,2-4,7-11,14H2,1H3/t17-/m0/s1. The van der Waals surface area contributed by atoms with Crippen LogP contribution >= 0.6 is 0 Å². The summed E-state index contributed by atoms with van der Waals surface area (Å²) in [4.78, 5) is 20.7. The van der Waals surface area contributed by atoms with E-state index in [0.717, 1.165) is 56.7 Å². The molecule has 0 bridgehead atoms. The molecule has 2 saturated heterocycles. The van der Waals surface area contributed by atoms with E-state index in [4.69, 9.17) is 4.74 Å². The topological polar surface area (TPSA) is 48.6 Å². The molecular weight excluding hydrogens is 314 g/mol. The Balaban J connectivity index is 1.41. The van der Waals surface area contributed by atoms with Crippen LogP contribution in [0.5, 0.6) is 0 Å². The van der Waals surface area contributed by atoms with E-state index in [-0.39, 0.29) is 5.91 Å². The number of fused-ring (bicyclic) bond motifs is 1. The molecule has 4 rings (SSSR count). The van der Waals surface area contributed by atoms with Crippen molar-refractivity contribution in [1.82, 2.24) is 14.8 Å². The molecule has 0 unspecified atom stereocenters. The maximum Gasteiger partial charge on any atom is 0.270 e. The van der Waals surface area contributed by atoms with E-state index in [9.17, 15) is 4.79 Å². The van der Waals surface area contributed by atoms with Crippen molar-refractivity contribution in [2.75, 3.05) is 39.3 Å². The minimum atomic E-state index is 0.118. The van der Waals surface area contributed by atoms with Gasteiger partial charge in [-0.2, -0.15) is 0 Å². The second kappa shape index (κ2) is 7.18. The first-order chi connectivity index (χ1) is 12.2. The molecule has 1 N–H and O–H groups in total. The number of nitrogens with zero attached hydrogens (tertiary/aromatic N) is 2. The number of aromatic amines is 1. The maximum absolute atomic E-state index is 12.9. The molecule has 0 aliphatic carbocycles. The fourth-order valence-electron chi connectivity index (χ4n) is 3.96. The summed E-state index contributed by atoms with van der Waals surface area (Å²) in [7, 11) is 0. The lowest BCUT2D eigenvalue weighted by atomic mass is 10.2. The molecule has 5 heteroatoms. The zero-order valence-corrected chi connectivity index (χ0v) is 15.0. The smallest absolute Gasteiger partial charge is 0.270 e. The summed E-state index contributed by atoms with van der Waals surface area (Å²) in [5.41, 5.74) is 2.94. The second-order valence-corrected chi connectivity index (χ2v) is 7.36. The number of aryl methyl sites for hydroxylation is 1. The molecule has 2 aliphatic heterocycles. The van der Waals surface area contributed by atoms with Crippen molar-refractivity contribution in [1.29, 1.82) is 0 Å². The highest BCUT2D eigenvalue weighted by atomic mass is 16.5. The molecule has 5 nitrogen and oxygen atoms in total. The first-order valence-corrected chi connectivity index (χ1v) is 9.42. The van der Waals surface area contributed by atoms with Crippen LogP contribution in [-0.4, -0.2) is 66.1 Å². The van der Waals surface area contributed by atoms with E-state index in [1.165, 1.54) is 18.4 Å². The van der Waals surface area contributed by atoms with Crippen molar-refractivity contribution in [3.05, 3.63) is 35.5 Å². The average Bonchev–Trinajstić information content (AvgIpc) is 3.19. The Kier molecular flexibility index (Phi) is 4.77. The van der Waals surface area contributed by atoms with Crippen LogP contribution in [0.25, 0.3) is 10.9 Å². The van der Waals surface area contributed by atoms with Gasteiger partial charge in [0.25, 0.3) is 5.91 Å². The Morgan fingerprint density at radius 2 is 2.12 bits per heavy atom. The highest BCUT2D eigenvalue weighted by molar-refractivity contribution is 5.98. The Bertz CT molecular complexity index is 748. The van der Waals surface area contributed by atoms with Crippen LogP contribution in [0, 0.1) is 6.92 Å². The number of carbonyl (C=O) groups excluding carboxylic acids is 1. The molecule has 25 heavy (non-hydrogen) atoms. The average molecular weight is 341 g/mol. The third-order valence-corrected chi connectivity index (χ3v) is 5.37. The van der Waals surface area contributed by atoms with Crippen molar-refractivity contribution >= 4 is 16.8 Å². The van der Waals surface area contributed by atoms with Gasteiger partial charge >= 0.3 is 0 Å². The van der Waals surface area contributed by atoms with Crippen molar-refractivity contribution in [2.24, 2.45) is 0 Å². The SMILES string of the molecule is Cc1ccc2cc(C(=O)N3CCCN(C[C@@H]4CCCO4)CC3)[nH]c2c1. The lowest BCUT2D eigenvalue weighted by Crippen LogP contribution is -2.37. The lowest BCUT2D eigenvalue weighted by molar-refractivity contribution is 0.0702. The molecular formula is C20H27N3O2. The van der Waals surface area contributed by atoms with Crippen molar-refractivity contribution in [3.63, 3.8) is 0 Å². The molecule has 134 valence electrons. The van der Waals surface area contributed by atoms with Gasteiger partial charge in [-0.1, -0.05) is 12.1 Å². The van der Waals surface area contributed by atoms with Crippen LogP contribution in [0.15, 0.2) is 24.3 Å². The van der Waals surface area contributed by atoms with Crippen LogP contribution in [-0.2, 0) is 4.74 Å². The third-order valence-electron chi connectivity index (χ3n) is 5.37. The fourth-order valence-corrected chi connectivity index (χ4v) is 3.96. The van der Waals surface area contributed by atoms with Gasteiger partial charge in [0.2, 0.25) is 0 Å². The van der Waals surface area contributed by atoms with Crippen LogP contribution < -0.4 is 0 Å². The van der Waals surface area contributed by atoms with Gasteiger partial charge in [0.1, 0.15) is 5.69 Å². The molecule has 0 saturated carbocycles. The number of rotatable bonds is 3. The van der Waals surface area contributed by atoms with E-state index in [2.05, 4.69) is 35.0 Å². The van der Waals surface area contributed by atoms with Gasteiger partial charge in [0.15, 0.2) is 0 Å². The summed E-state index contributed by atoms with van der Waals surface area (Å²) >= 11 is 0. The van der Waals surface area contributed by atoms with E-state index < -0.39 is 0 Å². The second-order valence-electron chi connectivity index (χ2n) is 7.36. The zero-order chi connectivity index (χ0) is 17.2. The van der Waals surface area contributed by atoms with Gasteiger partial charge in [-0.25, -0.2) is 0 Å². The minimum absolute atomic E-state index is 0.118. The fraction of sp³-hybridized carbons (Fsp3) is 0.550. The quantitative estimate of drug-likeness (QED) is 0.934. The number of nitrogens with one attached hydrogen (secondary N) is 1. The molecule has 3 heterocycles. The first kappa shape index (κ1) is 16.6. The van der Waals surface area contributed by atoms with E-state index in [0.29, 0.717) is 11.8 Å². The number of hydrogen-bond acceptors (Lipinski definition) is 3. The normalized spacial score (nSPS) is 22.4. The van der Waals surface area contributed by atoms with Gasteiger partial charge in [-0.15, -0.1) is 0 Å². The van der Waals surface area contributed by atoms with Gasteiger partial charge in [-0.05, 0) is 50.4 Å². The number of benzene rings is 1. The Morgan fingerprint density at radius 3 is 2.96 bits per heavy atom. The predicted octanol–water partition coefficient (Wildman–Crippen LogP) is 2.80. The van der Waals surface area contributed by atoms with Crippen LogP contribution in [0.2, 0.25) is 0 Å². The first-order valence-electron chi connectivity index (χ1n) is 9.42. The number of H-pyrrole nitrogens is 1. The summed E-state index contributed by atoms with van der Waals surface area (Å²) in [6, 6.07) is 8.23. The van der Waals surface area contributed by atoms with Crippen LogP contribution in [0.4, 0.5) is 0 Å². The summed E-state index contributed by atoms with van der Waals surface area (Å²) in [5.74, 6) is 0.118. The van der Waals surface area contributed by atoms with Crippen LogP contribution in [0.1, 0.15) is 35.3 Å². The molecule has 1 aromatic carbocycles. The Hall–Kier alpha value is -1.85. The van der Waals surface area contributed by atoms with E-state index in [1.54, 1.807) is 0 Å². The van der Waals surface area contributed by atoms with Crippen molar-refractivity contribution in [3.8, 4) is 0 Å². The summed E-state index contributed by atoms with van der Waals surface area (Å²) in [5, 5.41) is 1.10. The molecule has 0 radical (unpaired) electrons. The number of hydrogen-bond donors (Lipinski definition) is 1. The molecule has 0 spiro atoms. The molecule has 2 fully saturated rings. The van der Waals surface area contributed by atoms with Gasteiger partial charge in [0.05, 0.1) is 6.10 Å². The summed E-state index contributed by atoms with van der Waals surface area (Å²) < 4.78 is 5.76. The van der Waals surface area contributed by atoms with Crippen LogP contribution in [0.3, 0.4) is 0 Å². The number of ether oxygens (including phenoxy) is 1. The molecule has 1 aromatic heterocycles. The molecule has 2 aliphatic rings. The predicted molar refractivity (Wildman–Crippen MR) is 99.0 cm³/mol. The van der Waals surface area contributed by atoms with Gasteiger partial charge in [0, 0.05) is 43.7 Å². The minimum Gasteiger partial charge on any atom is -0.377 e.